The van der Waals surface area contributed by atoms with Crippen LogP contribution >= 0.6 is 33.9 Å². The van der Waals surface area contributed by atoms with E-state index in [4.69, 9.17) is 19.2 Å². The molecule has 1 aromatic heterocycles. The van der Waals surface area contributed by atoms with Crippen LogP contribution in [-0.4, -0.2) is 24.3 Å². The number of nitrogens with zero attached hydrogens (tertiary/aromatic N) is 2. The van der Waals surface area contributed by atoms with Crippen molar-refractivity contribution in [3.05, 3.63) is 112 Å². The van der Waals surface area contributed by atoms with Gasteiger partial charge in [-0.2, -0.15) is 0 Å². The normalized spacial score (nSPS) is 15.9. The largest absolute Gasteiger partial charge is 0.497 e. The van der Waals surface area contributed by atoms with E-state index in [1.165, 1.54) is 23.8 Å². The maximum Gasteiger partial charge on any atom is 0.308 e. The highest BCUT2D eigenvalue weighted by Crippen LogP contribution is 2.41. The lowest BCUT2D eigenvalue weighted by Crippen LogP contribution is -2.38. The van der Waals surface area contributed by atoms with Gasteiger partial charge in [0.25, 0.3) is 5.56 Å². The van der Waals surface area contributed by atoms with E-state index in [0.29, 0.717) is 31.0 Å². The van der Waals surface area contributed by atoms with Crippen molar-refractivity contribution in [2.75, 3.05) is 13.7 Å². The van der Waals surface area contributed by atoms with Gasteiger partial charge in [0.2, 0.25) is 0 Å². The van der Waals surface area contributed by atoms with Crippen LogP contribution in [0, 0.1) is 3.57 Å². The lowest BCUT2D eigenvalue weighted by Gasteiger charge is -2.30. The number of halogens is 1. The summed E-state index contributed by atoms with van der Waals surface area (Å²) < 4.78 is 19.7. The molecule has 0 saturated carbocycles. The number of aromatic nitrogens is 1. The van der Waals surface area contributed by atoms with Gasteiger partial charge in [-0.15, -0.1) is 0 Å². The molecule has 3 aromatic carbocycles. The van der Waals surface area contributed by atoms with Gasteiger partial charge in [-0.1, -0.05) is 47.7 Å². The second-order valence-corrected chi connectivity index (χ2v) is 11.9. The fourth-order valence-corrected chi connectivity index (χ4v) is 7.17. The summed E-state index contributed by atoms with van der Waals surface area (Å²) in [5.41, 5.74) is 6.19. The van der Waals surface area contributed by atoms with Crippen molar-refractivity contribution < 1.29 is 19.0 Å². The van der Waals surface area contributed by atoms with E-state index >= 15 is 0 Å². The smallest absolute Gasteiger partial charge is 0.308 e. The van der Waals surface area contributed by atoms with E-state index in [0.717, 1.165) is 46.6 Å². The minimum absolute atomic E-state index is 0.1000. The summed E-state index contributed by atoms with van der Waals surface area (Å²) in [5, 5.41) is 0. The minimum Gasteiger partial charge on any atom is -0.497 e. The number of carbonyl (C=O) groups excluding carboxylic acids is 1. The number of benzene rings is 3. The number of thiazole rings is 1. The molecule has 2 heterocycles. The zero-order valence-corrected chi connectivity index (χ0v) is 25.7. The third kappa shape index (κ3) is 5.12. The average Bonchev–Trinajstić information content (AvgIpc) is 3.28. The van der Waals surface area contributed by atoms with E-state index in [1.807, 2.05) is 54.0 Å². The fourth-order valence-electron chi connectivity index (χ4n) is 5.44. The molecule has 0 N–H and O–H groups in total. The van der Waals surface area contributed by atoms with Gasteiger partial charge in [0.1, 0.15) is 5.75 Å². The van der Waals surface area contributed by atoms with Crippen LogP contribution in [0.1, 0.15) is 48.6 Å². The van der Waals surface area contributed by atoms with E-state index in [1.54, 1.807) is 13.2 Å². The van der Waals surface area contributed by atoms with E-state index < -0.39 is 5.97 Å². The molecule has 9 heteroatoms. The van der Waals surface area contributed by atoms with Crippen molar-refractivity contribution in [1.82, 2.24) is 4.57 Å². The standard InChI is InChI=1S/C32H27IN2O5S/c1-4-39-26-16-19(15-25(33)30(26)40-18(2)36)17-27-31(37)35-29(21-9-12-22(38-3)13-10-21)24-14-11-20-7-5-6-8-23(20)28(24)34-32(35)41-27/h5-10,12-13,15-17,29H,4,11,14H2,1-3H3/b27-17+/t29-/m0/s1. The molecule has 0 amide bonds. The number of methoxy groups -OCH3 is 1. The first-order valence-electron chi connectivity index (χ1n) is 13.3. The fraction of sp³-hybridized carbons (Fsp3) is 0.219. The van der Waals surface area contributed by atoms with Crippen LogP contribution in [-0.2, 0) is 11.2 Å². The molecule has 0 spiro atoms. The second-order valence-electron chi connectivity index (χ2n) is 9.74. The number of allylic oxidation sites excluding steroid dienone is 1. The summed E-state index contributed by atoms with van der Waals surface area (Å²) in [7, 11) is 1.65. The summed E-state index contributed by atoms with van der Waals surface area (Å²) in [6, 6.07) is 19.7. The van der Waals surface area contributed by atoms with Gasteiger partial charge in [-0.3, -0.25) is 14.2 Å². The minimum atomic E-state index is -0.422. The highest BCUT2D eigenvalue weighted by molar-refractivity contribution is 14.1. The van der Waals surface area contributed by atoms with Gasteiger partial charge in [-0.05, 0) is 95.0 Å². The number of hydrogen-bond donors (Lipinski definition) is 0. The van der Waals surface area contributed by atoms with E-state index in [-0.39, 0.29) is 11.6 Å². The summed E-state index contributed by atoms with van der Waals surface area (Å²) >= 11 is 3.49. The lowest BCUT2D eigenvalue weighted by molar-refractivity contribution is -0.132. The Bertz CT molecular complexity index is 1890. The molecule has 1 atom stereocenters. The summed E-state index contributed by atoms with van der Waals surface area (Å²) in [4.78, 5) is 31.5. The maximum absolute atomic E-state index is 14.1. The van der Waals surface area contributed by atoms with Crippen molar-refractivity contribution in [3.8, 4) is 17.2 Å². The summed E-state index contributed by atoms with van der Waals surface area (Å²) in [6.45, 7) is 3.64. The van der Waals surface area contributed by atoms with Crippen molar-refractivity contribution in [2.45, 2.75) is 32.7 Å². The Morgan fingerprint density at radius 3 is 2.66 bits per heavy atom. The highest BCUT2D eigenvalue weighted by Gasteiger charge is 2.32. The molecule has 2 aliphatic rings. The monoisotopic (exact) mass is 678 g/mol. The van der Waals surface area contributed by atoms with E-state index in [2.05, 4.69) is 40.8 Å². The Morgan fingerprint density at radius 2 is 1.93 bits per heavy atom. The van der Waals surface area contributed by atoms with Crippen LogP contribution in [0.5, 0.6) is 17.2 Å². The van der Waals surface area contributed by atoms with Gasteiger partial charge in [0.15, 0.2) is 16.3 Å². The third-order valence-corrected chi connectivity index (χ3v) is 8.96. The molecular weight excluding hydrogens is 651 g/mol. The topological polar surface area (TPSA) is 79.1 Å². The van der Waals surface area contributed by atoms with E-state index in [9.17, 15) is 9.59 Å². The zero-order chi connectivity index (χ0) is 28.7. The number of ether oxygens (including phenoxy) is 3. The van der Waals surface area contributed by atoms with Gasteiger partial charge in [0.05, 0.1) is 33.6 Å². The van der Waals surface area contributed by atoms with Gasteiger partial charge >= 0.3 is 5.97 Å². The van der Waals surface area contributed by atoms with Gasteiger partial charge in [0, 0.05) is 12.5 Å². The molecule has 41 heavy (non-hydrogen) atoms. The average molecular weight is 679 g/mol. The van der Waals surface area contributed by atoms with Crippen LogP contribution in [0.15, 0.2) is 76.0 Å². The SMILES string of the molecule is CCOc1cc(/C=c2/sc3n(c2=O)[C@@H](c2ccc(OC)cc2)C2=C(N=3)c3ccccc3CC2)cc(I)c1OC(C)=O. The first-order chi connectivity index (χ1) is 19.9. The van der Waals surface area contributed by atoms with Crippen LogP contribution in [0.25, 0.3) is 11.8 Å². The summed E-state index contributed by atoms with van der Waals surface area (Å²) in [6.07, 6.45) is 3.58. The second kappa shape index (κ2) is 11.3. The predicted molar refractivity (Wildman–Crippen MR) is 167 cm³/mol. The third-order valence-electron chi connectivity index (χ3n) is 7.18. The number of rotatable bonds is 6. The molecule has 1 aliphatic heterocycles. The number of hydrogen-bond acceptors (Lipinski definition) is 7. The molecule has 1 aliphatic carbocycles. The number of carbonyl (C=O) groups is 1. The van der Waals surface area contributed by atoms with Gasteiger partial charge in [-0.25, -0.2) is 4.99 Å². The first-order valence-corrected chi connectivity index (χ1v) is 15.2. The van der Waals surface area contributed by atoms with Crippen LogP contribution in [0.2, 0.25) is 0 Å². The van der Waals surface area contributed by atoms with Crippen molar-refractivity contribution in [3.63, 3.8) is 0 Å². The molecule has 0 unspecified atom stereocenters. The Labute approximate surface area is 254 Å². The Morgan fingerprint density at radius 1 is 1.15 bits per heavy atom. The quantitative estimate of drug-likeness (QED) is 0.158. The number of esters is 1. The Kier molecular flexibility index (Phi) is 7.56. The van der Waals surface area contributed by atoms with Crippen LogP contribution in [0.4, 0.5) is 0 Å². The van der Waals surface area contributed by atoms with Crippen LogP contribution in [0.3, 0.4) is 0 Å². The zero-order valence-electron chi connectivity index (χ0n) is 22.8. The van der Waals surface area contributed by atoms with Crippen molar-refractivity contribution in [1.29, 1.82) is 0 Å². The highest BCUT2D eigenvalue weighted by atomic mass is 127. The molecule has 0 bridgehead atoms. The van der Waals surface area contributed by atoms with Crippen molar-refractivity contribution in [2.24, 2.45) is 4.99 Å². The molecule has 208 valence electrons. The first kappa shape index (κ1) is 27.5. The molecule has 7 nitrogen and oxygen atoms in total. The molecule has 0 saturated heterocycles. The molecular formula is C32H27IN2O5S. The van der Waals surface area contributed by atoms with Crippen molar-refractivity contribution >= 4 is 51.7 Å². The predicted octanol–water partition coefficient (Wildman–Crippen LogP) is 5.26. The maximum atomic E-state index is 14.1. The molecule has 0 fully saturated rings. The number of aryl methyl sites for hydroxylation is 1. The Hall–Kier alpha value is -3.70. The lowest BCUT2D eigenvalue weighted by atomic mass is 9.83. The van der Waals surface area contributed by atoms with Crippen LogP contribution < -0.4 is 29.1 Å². The summed E-state index contributed by atoms with van der Waals surface area (Å²) in [5.74, 6) is 1.18. The van der Waals surface area contributed by atoms with Gasteiger partial charge < -0.3 is 14.2 Å². The molecule has 4 aromatic rings. The molecule has 6 rings (SSSR count). The Balaban J connectivity index is 1.55. The molecule has 0 radical (unpaired) electrons. The number of fused-ring (bicyclic) bond motifs is 3.